The summed E-state index contributed by atoms with van der Waals surface area (Å²) in [6, 6.07) is 11.3. The van der Waals surface area contributed by atoms with Crippen LogP contribution in [0, 0.1) is 5.92 Å². The maximum atomic E-state index is 14.0. The highest BCUT2D eigenvalue weighted by Crippen LogP contribution is 2.48. The minimum atomic E-state index is -0.695. The van der Waals surface area contributed by atoms with E-state index < -0.39 is 11.8 Å². The molecule has 3 atom stereocenters. The Morgan fingerprint density at radius 3 is 1.98 bits per heavy atom. The van der Waals surface area contributed by atoms with Crippen LogP contribution >= 0.6 is 0 Å². The number of methoxy groups -OCH3 is 4. The predicted octanol–water partition coefficient (Wildman–Crippen LogP) is 5.78. The average molecular weight is 548 g/mol. The maximum Gasteiger partial charge on any atom is 0.315 e. The largest absolute Gasteiger partial charge is 0.493 e. The van der Waals surface area contributed by atoms with Gasteiger partial charge in [-0.15, -0.1) is 0 Å². The van der Waals surface area contributed by atoms with Gasteiger partial charge in [0.15, 0.2) is 28.8 Å². The van der Waals surface area contributed by atoms with Gasteiger partial charge in [-0.1, -0.05) is 12.1 Å². The summed E-state index contributed by atoms with van der Waals surface area (Å²) in [6.45, 7) is 1.86. The number of hydrogen-bond acceptors (Lipinski definition) is 8. The first-order valence-corrected chi connectivity index (χ1v) is 13.8. The van der Waals surface area contributed by atoms with Crippen LogP contribution in [0.25, 0.3) is 0 Å². The van der Waals surface area contributed by atoms with E-state index in [1.54, 1.807) is 28.4 Å². The first kappa shape index (κ1) is 27.7. The number of allylic oxidation sites excluding steroid dienone is 2. The Balaban J connectivity index is 1.56. The summed E-state index contributed by atoms with van der Waals surface area (Å²) in [4.78, 5) is 32.6. The summed E-state index contributed by atoms with van der Waals surface area (Å²) in [5.74, 6) is 0.733. The lowest BCUT2D eigenvalue weighted by atomic mass is 9.69. The van der Waals surface area contributed by atoms with Gasteiger partial charge >= 0.3 is 5.97 Å². The van der Waals surface area contributed by atoms with Crippen molar-refractivity contribution in [1.29, 1.82) is 0 Å². The molecule has 0 saturated heterocycles. The molecule has 8 nitrogen and oxygen atoms in total. The first-order valence-electron chi connectivity index (χ1n) is 13.8. The molecule has 0 bridgehead atoms. The SMILES string of the molecule is COc1ccc([C@H]2CC(=O)C3=C(C2)N=C(C)C(C(=O)OC2CCCC2)[C@H]3c2ccc(OC)c(OC)c2)cc1OC. The second kappa shape index (κ2) is 11.7. The Labute approximate surface area is 235 Å². The van der Waals surface area contributed by atoms with Crippen molar-refractivity contribution in [2.45, 2.75) is 63.4 Å². The van der Waals surface area contributed by atoms with Gasteiger partial charge < -0.3 is 23.7 Å². The van der Waals surface area contributed by atoms with Crippen LogP contribution < -0.4 is 18.9 Å². The zero-order valence-corrected chi connectivity index (χ0v) is 23.8. The molecule has 0 N–H and O–H groups in total. The van der Waals surface area contributed by atoms with Crippen molar-refractivity contribution in [3.05, 3.63) is 58.8 Å². The number of aliphatic imine (C=N–C) groups is 1. The van der Waals surface area contributed by atoms with E-state index in [2.05, 4.69) is 0 Å². The summed E-state index contributed by atoms with van der Waals surface area (Å²) in [7, 11) is 6.35. The first-order chi connectivity index (χ1) is 19.4. The molecule has 1 unspecified atom stereocenters. The van der Waals surface area contributed by atoms with Crippen LogP contribution in [0.15, 0.2) is 52.7 Å². The lowest BCUT2D eigenvalue weighted by Crippen LogP contribution is -2.39. The summed E-state index contributed by atoms with van der Waals surface area (Å²) in [6.07, 6.45) is 4.64. The van der Waals surface area contributed by atoms with Crippen LogP contribution in [0.3, 0.4) is 0 Å². The molecule has 2 aromatic carbocycles. The Morgan fingerprint density at radius 1 is 0.800 bits per heavy atom. The fourth-order valence-corrected chi connectivity index (χ4v) is 6.36. The van der Waals surface area contributed by atoms with Crippen LogP contribution in [0.5, 0.6) is 23.0 Å². The van der Waals surface area contributed by atoms with Gasteiger partial charge in [0.25, 0.3) is 0 Å². The molecule has 2 aliphatic carbocycles. The van der Waals surface area contributed by atoms with Crippen LogP contribution in [-0.2, 0) is 14.3 Å². The third-order valence-corrected chi connectivity index (χ3v) is 8.37. The van der Waals surface area contributed by atoms with Gasteiger partial charge in [0.2, 0.25) is 0 Å². The zero-order chi connectivity index (χ0) is 28.4. The fourth-order valence-electron chi connectivity index (χ4n) is 6.36. The molecule has 3 aliphatic rings. The molecule has 2 aromatic rings. The van der Waals surface area contributed by atoms with Gasteiger partial charge in [-0.3, -0.25) is 14.6 Å². The number of benzene rings is 2. The van der Waals surface area contributed by atoms with E-state index in [1.807, 2.05) is 43.3 Å². The number of carbonyl (C=O) groups excluding carboxylic acids is 2. The maximum absolute atomic E-state index is 14.0. The fraction of sp³-hybridized carbons (Fsp3) is 0.469. The lowest BCUT2D eigenvalue weighted by Gasteiger charge is -2.37. The van der Waals surface area contributed by atoms with Crippen molar-refractivity contribution in [3.8, 4) is 23.0 Å². The van der Waals surface area contributed by atoms with Crippen molar-refractivity contribution in [3.63, 3.8) is 0 Å². The molecule has 0 radical (unpaired) electrons. The number of nitrogens with zero attached hydrogens (tertiary/aromatic N) is 1. The highest BCUT2D eigenvalue weighted by atomic mass is 16.5. The molecule has 40 heavy (non-hydrogen) atoms. The highest BCUT2D eigenvalue weighted by molar-refractivity contribution is 6.09. The topological polar surface area (TPSA) is 92.7 Å². The van der Waals surface area contributed by atoms with E-state index in [-0.39, 0.29) is 23.8 Å². The van der Waals surface area contributed by atoms with E-state index in [1.165, 1.54) is 0 Å². The molecule has 5 rings (SSSR count). The number of ketones is 1. The number of esters is 1. The van der Waals surface area contributed by atoms with Gasteiger partial charge in [-0.05, 0) is 80.3 Å². The molecule has 0 amide bonds. The van der Waals surface area contributed by atoms with Crippen LogP contribution in [0.4, 0.5) is 0 Å². The number of hydrogen-bond donors (Lipinski definition) is 0. The number of Topliss-reactive ketones (excluding diaryl/α,β-unsaturated/α-hetero) is 1. The molecular weight excluding hydrogens is 510 g/mol. The van der Waals surface area contributed by atoms with Crippen molar-refractivity contribution in [2.75, 3.05) is 28.4 Å². The Morgan fingerprint density at radius 2 is 1.38 bits per heavy atom. The van der Waals surface area contributed by atoms with E-state index in [9.17, 15) is 9.59 Å². The monoisotopic (exact) mass is 547 g/mol. The molecule has 1 saturated carbocycles. The molecular formula is C32H37NO7. The molecule has 212 valence electrons. The molecule has 1 heterocycles. The smallest absolute Gasteiger partial charge is 0.315 e. The van der Waals surface area contributed by atoms with Gasteiger partial charge in [-0.2, -0.15) is 0 Å². The van der Waals surface area contributed by atoms with Gasteiger partial charge in [-0.25, -0.2) is 0 Å². The van der Waals surface area contributed by atoms with Crippen molar-refractivity contribution in [1.82, 2.24) is 0 Å². The standard InChI is InChI=1S/C32H37NO7/c1-18-29(32(35)40-22-8-6-7-9-22)30(20-11-13-26(37-3)28(17-20)39-5)31-23(33-18)14-21(15-24(31)34)19-10-12-25(36-2)27(16-19)38-4/h10-13,16-17,21-22,29-30H,6-9,14-15H2,1-5H3/t21-,29?,30-/m1/s1. The third kappa shape index (κ3) is 5.19. The third-order valence-electron chi connectivity index (χ3n) is 8.37. The van der Waals surface area contributed by atoms with Crippen molar-refractivity contribution >= 4 is 17.5 Å². The summed E-state index contributed by atoms with van der Waals surface area (Å²) < 4.78 is 27.9. The molecule has 1 aliphatic heterocycles. The molecule has 8 heteroatoms. The normalized spacial score (nSPS) is 22.9. The molecule has 0 spiro atoms. The lowest BCUT2D eigenvalue weighted by molar-refractivity contribution is -0.151. The predicted molar refractivity (Wildman–Crippen MR) is 151 cm³/mol. The minimum absolute atomic E-state index is 0.0178. The molecule has 1 fully saturated rings. The summed E-state index contributed by atoms with van der Waals surface area (Å²) >= 11 is 0. The van der Waals surface area contributed by atoms with Crippen LogP contribution in [-0.4, -0.2) is 52.0 Å². The second-order valence-electron chi connectivity index (χ2n) is 10.7. The number of ether oxygens (including phenoxy) is 5. The average Bonchev–Trinajstić information content (AvgIpc) is 3.48. The van der Waals surface area contributed by atoms with E-state index >= 15 is 0 Å². The zero-order valence-electron chi connectivity index (χ0n) is 23.8. The summed E-state index contributed by atoms with van der Waals surface area (Å²) in [5, 5.41) is 0. The Kier molecular flexibility index (Phi) is 8.14. The van der Waals surface area contributed by atoms with Crippen LogP contribution in [0.1, 0.15) is 68.4 Å². The quantitative estimate of drug-likeness (QED) is 0.387. The second-order valence-corrected chi connectivity index (χ2v) is 10.7. The highest BCUT2D eigenvalue weighted by Gasteiger charge is 2.45. The van der Waals surface area contributed by atoms with Gasteiger partial charge in [0.05, 0.1) is 28.4 Å². The van der Waals surface area contributed by atoms with Crippen molar-refractivity contribution in [2.24, 2.45) is 10.9 Å². The number of carbonyl (C=O) groups is 2. The van der Waals surface area contributed by atoms with E-state index in [4.69, 9.17) is 28.7 Å². The Bertz CT molecular complexity index is 1360. The Hall–Kier alpha value is -3.81. The van der Waals surface area contributed by atoms with Crippen molar-refractivity contribution < 1.29 is 33.3 Å². The number of rotatable bonds is 8. The molecule has 0 aromatic heterocycles. The van der Waals surface area contributed by atoms with Crippen LogP contribution in [0.2, 0.25) is 0 Å². The minimum Gasteiger partial charge on any atom is -0.493 e. The van der Waals surface area contributed by atoms with E-state index in [0.29, 0.717) is 47.1 Å². The van der Waals surface area contributed by atoms with Gasteiger partial charge in [0, 0.05) is 29.3 Å². The summed E-state index contributed by atoms with van der Waals surface area (Å²) in [5.41, 5.74) is 3.74. The van der Waals surface area contributed by atoms with Gasteiger partial charge in [0.1, 0.15) is 12.0 Å². The van der Waals surface area contributed by atoms with E-state index in [0.717, 1.165) is 42.5 Å².